The summed E-state index contributed by atoms with van der Waals surface area (Å²) in [6, 6.07) is 8.00. The van der Waals surface area contributed by atoms with Gasteiger partial charge >= 0.3 is 0 Å². The fourth-order valence-electron chi connectivity index (χ4n) is 1.44. The van der Waals surface area contributed by atoms with Crippen molar-refractivity contribution in [3.05, 3.63) is 64.5 Å². The van der Waals surface area contributed by atoms with Crippen molar-refractivity contribution in [2.45, 2.75) is 4.90 Å². The summed E-state index contributed by atoms with van der Waals surface area (Å²) in [5.74, 6) is 0. The second kappa shape index (κ2) is 6.09. The molecule has 0 saturated carbocycles. The number of hydrogen-bond acceptors (Lipinski definition) is 6. The number of nitrogens with one attached hydrogen (secondary N) is 1. The van der Waals surface area contributed by atoms with Gasteiger partial charge in [-0.2, -0.15) is 13.5 Å². The molecular weight excluding hydrogens is 296 g/mol. The highest BCUT2D eigenvalue weighted by Gasteiger charge is 2.16. The molecule has 8 nitrogen and oxygen atoms in total. The van der Waals surface area contributed by atoms with Gasteiger partial charge in [0.1, 0.15) is 0 Å². The maximum atomic E-state index is 11.9. The number of hydrazone groups is 1. The van der Waals surface area contributed by atoms with E-state index in [9.17, 15) is 18.5 Å². The molecule has 9 heteroatoms. The molecule has 0 radical (unpaired) electrons. The van der Waals surface area contributed by atoms with E-state index in [0.29, 0.717) is 5.56 Å². The van der Waals surface area contributed by atoms with Crippen LogP contribution in [0.3, 0.4) is 0 Å². The first-order valence-electron chi connectivity index (χ1n) is 5.68. The molecule has 108 valence electrons. The Morgan fingerprint density at radius 3 is 2.62 bits per heavy atom. The smallest absolute Gasteiger partial charge is 0.265 e. The third kappa shape index (κ3) is 3.83. The van der Waals surface area contributed by atoms with Gasteiger partial charge in [-0.25, -0.2) is 4.83 Å². The van der Waals surface area contributed by atoms with Crippen molar-refractivity contribution in [2.75, 3.05) is 0 Å². The number of nitrogens with zero attached hydrogens (tertiary/aromatic N) is 3. The number of sulfonamides is 1. The van der Waals surface area contributed by atoms with Crippen molar-refractivity contribution < 1.29 is 13.3 Å². The Morgan fingerprint density at radius 2 is 1.95 bits per heavy atom. The lowest BCUT2D eigenvalue weighted by Crippen LogP contribution is -2.18. The van der Waals surface area contributed by atoms with Crippen molar-refractivity contribution in [1.82, 2.24) is 9.82 Å². The lowest BCUT2D eigenvalue weighted by Gasteiger charge is -2.02. The molecule has 0 aliphatic rings. The SMILES string of the molecule is O=[N+]([O-])c1cccc(S(=O)(=O)N/N=C/c2ccncc2)c1. The van der Waals surface area contributed by atoms with Gasteiger partial charge in [0.25, 0.3) is 15.7 Å². The third-order valence-corrected chi connectivity index (χ3v) is 3.65. The summed E-state index contributed by atoms with van der Waals surface area (Å²) in [5.41, 5.74) is 0.350. The highest BCUT2D eigenvalue weighted by atomic mass is 32.2. The number of nitro benzene ring substituents is 1. The number of benzene rings is 1. The Balaban J connectivity index is 2.17. The Labute approximate surface area is 120 Å². The van der Waals surface area contributed by atoms with E-state index in [4.69, 9.17) is 0 Å². The van der Waals surface area contributed by atoms with Crippen LogP contribution in [0, 0.1) is 10.1 Å². The lowest BCUT2D eigenvalue weighted by atomic mass is 10.3. The van der Waals surface area contributed by atoms with Gasteiger partial charge in [-0.05, 0) is 23.8 Å². The highest BCUT2D eigenvalue weighted by Crippen LogP contribution is 2.16. The molecule has 1 aromatic carbocycles. The number of nitro groups is 1. The summed E-state index contributed by atoms with van der Waals surface area (Å²) in [5, 5.41) is 14.2. The monoisotopic (exact) mass is 306 g/mol. The molecule has 0 fully saturated rings. The normalized spacial score (nSPS) is 11.4. The molecule has 2 aromatic rings. The molecule has 1 aromatic heterocycles. The number of hydrogen-bond donors (Lipinski definition) is 1. The molecule has 0 amide bonds. The molecule has 0 saturated heterocycles. The van der Waals surface area contributed by atoms with Crippen molar-refractivity contribution in [1.29, 1.82) is 0 Å². The maximum absolute atomic E-state index is 11.9. The molecule has 0 aliphatic heterocycles. The van der Waals surface area contributed by atoms with Gasteiger partial charge in [0.2, 0.25) is 0 Å². The predicted molar refractivity (Wildman–Crippen MR) is 75.2 cm³/mol. The molecule has 2 rings (SSSR count). The van der Waals surface area contributed by atoms with Gasteiger partial charge in [0, 0.05) is 24.5 Å². The van der Waals surface area contributed by atoms with Crippen LogP contribution in [-0.2, 0) is 10.0 Å². The quantitative estimate of drug-likeness (QED) is 0.508. The second-order valence-corrected chi connectivity index (χ2v) is 5.55. The van der Waals surface area contributed by atoms with Gasteiger partial charge in [-0.1, -0.05) is 6.07 Å². The van der Waals surface area contributed by atoms with E-state index < -0.39 is 14.9 Å². The van der Waals surface area contributed by atoms with E-state index in [2.05, 4.69) is 10.1 Å². The number of pyridine rings is 1. The summed E-state index contributed by atoms with van der Waals surface area (Å²) < 4.78 is 23.9. The van der Waals surface area contributed by atoms with Crippen molar-refractivity contribution in [2.24, 2.45) is 5.10 Å². The minimum Gasteiger partial charge on any atom is -0.265 e. The van der Waals surface area contributed by atoms with E-state index in [1.165, 1.54) is 36.8 Å². The van der Waals surface area contributed by atoms with E-state index in [-0.39, 0.29) is 10.6 Å². The molecule has 1 heterocycles. The van der Waals surface area contributed by atoms with Gasteiger partial charge in [-0.3, -0.25) is 15.1 Å². The first kappa shape index (κ1) is 14.6. The van der Waals surface area contributed by atoms with Crippen LogP contribution < -0.4 is 4.83 Å². The second-order valence-electron chi connectivity index (χ2n) is 3.89. The van der Waals surface area contributed by atoms with Crippen LogP contribution in [0.15, 0.2) is 58.8 Å². The fraction of sp³-hybridized carbons (Fsp3) is 0. The summed E-state index contributed by atoms with van der Waals surface area (Å²) in [6.45, 7) is 0. The van der Waals surface area contributed by atoms with Gasteiger partial charge < -0.3 is 0 Å². The largest absolute Gasteiger partial charge is 0.276 e. The van der Waals surface area contributed by atoms with Gasteiger partial charge in [-0.15, -0.1) is 0 Å². The molecule has 1 N–H and O–H groups in total. The summed E-state index contributed by atoms with van der Waals surface area (Å²) in [6.07, 6.45) is 4.38. The zero-order valence-corrected chi connectivity index (χ0v) is 11.4. The number of non-ortho nitro benzene ring substituents is 1. The lowest BCUT2D eigenvalue weighted by molar-refractivity contribution is -0.385. The minimum absolute atomic E-state index is 0.233. The molecule has 0 aliphatic carbocycles. The molecule has 0 spiro atoms. The summed E-state index contributed by atoms with van der Waals surface area (Å²) >= 11 is 0. The maximum Gasteiger partial charge on any atom is 0.276 e. The zero-order chi connectivity index (χ0) is 15.3. The van der Waals surface area contributed by atoms with Crippen LogP contribution in [0.25, 0.3) is 0 Å². The van der Waals surface area contributed by atoms with Crippen LogP contribution in [0.2, 0.25) is 0 Å². The van der Waals surface area contributed by atoms with Crippen LogP contribution >= 0.6 is 0 Å². The van der Waals surface area contributed by atoms with Crippen LogP contribution in [0.4, 0.5) is 5.69 Å². The number of rotatable bonds is 5. The summed E-state index contributed by atoms with van der Waals surface area (Å²) in [7, 11) is -3.95. The Bertz CT molecular complexity index is 775. The fourth-order valence-corrected chi connectivity index (χ4v) is 2.27. The van der Waals surface area contributed by atoms with Crippen molar-refractivity contribution in [3.8, 4) is 0 Å². The van der Waals surface area contributed by atoms with Crippen LogP contribution in [0.5, 0.6) is 0 Å². The van der Waals surface area contributed by atoms with Gasteiger partial charge in [0.15, 0.2) is 0 Å². The standard InChI is InChI=1S/C12H10N4O4S/c17-16(18)11-2-1-3-12(8-11)21(19,20)15-14-9-10-4-6-13-7-5-10/h1-9,15H/b14-9+. The summed E-state index contributed by atoms with van der Waals surface area (Å²) in [4.78, 5) is 15.5. The Morgan fingerprint density at radius 1 is 1.24 bits per heavy atom. The molecule has 0 bridgehead atoms. The minimum atomic E-state index is -3.95. The van der Waals surface area contributed by atoms with Crippen LogP contribution in [-0.4, -0.2) is 24.5 Å². The van der Waals surface area contributed by atoms with Crippen molar-refractivity contribution in [3.63, 3.8) is 0 Å². The first-order valence-corrected chi connectivity index (χ1v) is 7.17. The average Bonchev–Trinajstić information content (AvgIpc) is 2.48. The predicted octanol–water partition coefficient (Wildman–Crippen LogP) is 1.30. The third-order valence-electron chi connectivity index (χ3n) is 2.43. The first-order chi connectivity index (χ1) is 9.99. The Hall–Kier alpha value is -2.81. The topological polar surface area (TPSA) is 115 Å². The van der Waals surface area contributed by atoms with E-state index in [1.54, 1.807) is 12.1 Å². The Kier molecular flexibility index (Phi) is 4.24. The molecule has 21 heavy (non-hydrogen) atoms. The van der Waals surface area contributed by atoms with E-state index in [1.807, 2.05) is 4.83 Å². The average molecular weight is 306 g/mol. The van der Waals surface area contributed by atoms with Gasteiger partial charge in [0.05, 0.1) is 16.0 Å². The molecule has 0 atom stereocenters. The van der Waals surface area contributed by atoms with Crippen molar-refractivity contribution >= 4 is 21.9 Å². The zero-order valence-electron chi connectivity index (χ0n) is 10.6. The molecular formula is C12H10N4O4S. The van der Waals surface area contributed by atoms with E-state index in [0.717, 1.165) is 6.07 Å². The molecule has 0 unspecified atom stereocenters. The van der Waals surface area contributed by atoms with E-state index >= 15 is 0 Å². The number of aromatic nitrogens is 1. The highest BCUT2D eigenvalue weighted by molar-refractivity contribution is 7.89. The van der Waals surface area contributed by atoms with Crippen LogP contribution in [0.1, 0.15) is 5.56 Å².